The van der Waals surface area contributed by atoms with E-state index in [-0.39, 0.29) is 6.10 Å². The molecular formula is C12H23N3O. The third-order valence-corrected chi connectivity index (χ3v) is 3.31. The summed E-state index contributed by atoms with van der Waals surface area (Å²) < 4.78 is 0. The number of piperidine rings is 1. The summed E-state index contributed by atoms with van der Waals surface area (Å²) in [4.78, 5) is 2.14. The number of likely N-dealkylation sites (tertiary alicyclic amines) is 1. The number of nitrogens with zero attached hydrogens (tertiary/aromatic N) is 2. The first-order chi connectivity index (χ1) is 7.71. The molecule has 4 nitrogen and oxygen atoms in total. The van der Waals surface area contributed by atoms with Gasteiger partial charge in [0.1, 0.15) is 0 Å². The van der Waals surface area contributed by atoms with Gasteiger partial charge < -0.3 is 10.4 Å². The number of aliphatic hydroxyl groups is 1. The Bertz CT molecular complexity index is 239. The molecule has 0 saturated carbocycles. The molecule has 0 aromatic rings. The Kier molecular flexibility index (Phi) is 5.75. The number of rotatable bonds is 5. The van der Waals surface area contributed by atoms with Crippen LogP contribution in [0, 0.1) is 17.2 Å². The Balaban J connectivity index is 2.55. The zero-order valence-corrected chi connectivity index (χ0v) is 10.3. The summed E-state index contributed by atoms with van der Waals surface area (Å²) in [5.74, 6) is 0.302. The standard InChI is InChI=1S/C12H23N3O/c1-3-12(16)10-7-11(14-4-2)9-15(8-10)6-5-13/h10-12,14,16H,3-4,6-9H2,1-2H3. The van der Waals surface area contributed by atoms with Crippen molar-refractivity contribution in [1.29, 1.82) is 5.26 Å². The van der Waals surface area contributed by atoms with Gasteiger partial charge in [0, 0.05) is 19.1 Å². The summed E-state index contributed by atoms with van der Waals surface area (Å²) in [7, 11) is 0. The molecule has 0 aromatic carbocycles. The van der Waals surface area contributed by atoms with Crippen LogP contribution in [0.3, 0.4) is 0 Å². The molecule has 1 rings (SSSR count). The zero-order chi connectivity index (χ0) is 12.0. The van der Waals surface area contributed by atoms with Crippen LogP contribution < -0.4 is 5.32 Å². The minimum absolute atomic E-state index is 0.234. The molecule has 0 spiro atoms. The largest absolute Gasteiger partial charge is 0.393 e. The van der Waals surface area contributed by atoms with Crippen molar-refractivity contribution < 1.29 is 5.11 Å². The van der Waals surface area contributed by atoms with Gasteiger partial charge in [-0.1, -0.05) is 13.8 Å². The molecule has 92 valence electrons. The molecule has 0 radical (unpaired) electrons. The van der Waals surface area contributed by atoms with Crippen molar-refractivity contribution in [3.8, 4) is 6.07 Å². The quantitative estimate of drug-likeness (QED) is 0.672. The van der Waals surface area contributed by atoms with Crippen molar-refractivity contribution >= 4 is 0 Å². The molecule has 0 aromatic heterocycles. The summed E-state index contributed by atoms with van der Waals surface area (Å²) in [6.07, 6.45) is 1.58. The van der Waals surface area contributed by atoms with Crippen molar-refractivity contribution in [2.24, 2.45) is 5.92 Å². The monoisotopic (exact) mass is 225 g/mol. The van der Waals surface area contributed by atoms with E-state index in [1.165, 1.54) is 0 Å². The molecule has 4 heteroatoms. The first-order valence-electron chi connectivity index (χ1n) is 6.22. The molecule has 3 atom stereocenters. The van der Waals surface area contributed by atoms with Crippen LogP contribution in [0.4, 0.5) is 0 Å². The number of hydrogen-bond donors (Lipinski definition) is 2. The first kappa shape index (κ1) is 13.4. The van der Waals surface area contributed by atoms with Crippen molar-refractivity contribution in [3.63, 3.8) is 0 Å². The third-order valence-electron chi connectivity index (χ3n) is 3.31. The normalized spacial score (nSPS) is 28.6. The molecule has 1 aliphatic heterocycles. The van der Waals surface area contributed by atoms with E-state index in [1.807, 2.05) is 6.92 Å². The SMILES string of the molecule is CCNC1CC(C(O)CC)CN(CC#N)C1. The Labute approximate surface area is 98.2 Å². The molecule has 1 fully saturated rings. The number of nitrogens with one attached hydrogen (secondary N) is 1. The maximum absolute atomic E-state index is 9.92. The van der Waals surface area contributed by atoms with Gasteiger partial charge in [0.2, 0.25) is 0 Å². The van der Waals surface area contributed by atoms with E-state index in [2.05, 4.69) is 23.2 Å². The summed E-state index contributed by atoms with van der Waals surface area (Å²) in [6.45, 7) is 7.29. The highest BCUT2D eigenvalue weighted by Gasteiger charge is 2.30. The Hall–Kier alpha value is -0.630. The lowest BCUT2D eigenvalue weighted by Gasteiger charge is -2.38. The van der Waals surface area contributed by atoms with Crippen LogP contribution in [0.1, 0.15) is 26.7 Å². The highest BCUT2D eigenvalue weighted by Crippen LogP contribution is 2.21. The summed E-state index contributed by atoms with van der Waals surface area (Å²) in [6, 6.07) is 2.61. The Morgan fingerprint density at radius 1 is 1.50 bits per heavy atom. The smallest absolute Gasteiger partial charge is 0.0866 e. The molecule has 16 heavy (non-hydrogen) atoms. The lowest BCUT2D eigenvalue weighted by atomic mass is 9.88. The minimum Gasteiger partial charge on any atom is -0.393 e. The van der Waals surface area contributed by atoms with Crippen LogP contribution in [-0.4, -0.2) is 48.3 Å². The van der Waals surface area contributed by atoms with Gasteiger partial charge in [-0.2, -0.15) is 5.26 Å². The van der Waals surface area contributed by atoms with Gasteiger partial charge >= 0.3 is 0 Å². The van der Waals surface area contributed by atoms with E-state index < -0.39 is 0 Å². The second-order valence-corrected chi connectivity index (χ2v) is 4.58. The van der Waals surface area contributed by atoms with E-state index in [0.29, 0.717) is 18.5 Å². The average molecular weight is 225 g/mol. The molecule has 1 saturated heterocycles. The summed E-state index contributed by atoms with van der Waals surface area (Å²) in [5.41, 5.74) is 0. The fourth-order valence-corrected chi connectivity index (χ4v) is 2.51. The van der Waals surface area contributed by atoms with Crippen LogP contribution in [0.25, 0.3) is 0 Å². The van der Waals surface area contributed by atoms with Crippen LogP contribution in [0.5, 0.6) is 0 Å². The Morgan fingerprint density at radius 3 is 2.81 bits per heavy atom. The molecule has 1 aliphatic rings. The molecule has 2 N–H and O–H groups in total. The Morgan fingerprint density at radius 2 is 2.25 bits per heavy atom. The first-order valence-corrected chi connectivity index (χ1v) is 6.22. The van der Waals surface area contributed by atoms with Crippen LogP contribution in [-0.2, 0) is 0 Å². The number of likely N-dealkylation sites (N-methyl/N-ethyl adjacent to an activating group) is 1. The lowest BCUT2D eigenvalue weighted by molar-refractivity contribution is 0.0405. The van der Waals surface area contributed by atoms with E-state index in [1.54, 1.807) is 0 Å². The van der Waals surface area contributed by atoms with Crippen LogP contribution in [0.15, 0.2) is 0 Å². The predicted octanol–water partition coefficient (Wildman–Crippen LogP) is 0.581. The average Bonchev–Trinajstić information content (AvgIpc) is 2.28. The topological polar surface area (TPSA) is 59.3 Å². The van der Waals surface area contributed by atoms with Crippen LogP contribution in [0.2, 0.25) is 0 Å². The van der Waals surface area contributed by atoms with Gasteiger partial charge in [-0.05, 0) is 25.3 Å². The van der Waals surface area contributed by atoms with Gasteiger partial charge in [-0.15, -0.1) is 0 Å². The fraction of sp³-hybridized carbons (Fsp3) is 0.917. The summed E-state index contributed by atoms with van der Waals surface area (Å²) >= 11 is 0. The van der Waals surface area contributed by atoms with E-state index >= 15 is 0 Å². The molecule has 1 heterocycles. The van der Waals surface area contributed by atoms with Gasteiger partial charge in [0.15, 0.2) is 0 Å². The van der Waals surface area contributed by atoms with E-state index in [0.717, 1.165) is 32.5 Å². The summed E-state index contributed by atoms with van der Waals surface area (Å²) in [5, 5.41) is 22.1. The molecule has 0 bridgehead atoms. The van der Waals surface area contributed by atoms with Crippen molar-refractivity contribution in [2.45, 2.75) is 38.8 Å². The molecule has 0 amide bonds. The number of aliphatic hydroxyl groups excluding tert-OH is 1. The minimum atomic E-state index is -0.234. The van der Waals surface area contributed by atoms with Crippen LogP contribution >= 0.6 is 0 Å². The highest BCUT2D eigenvalue weighted by atomic mass is 16.3. The fourth-order valence-electron chi connectivity index (χ4n) is 2.51. The van der Waals surface area contributed by atoms with E-state index in [4.69, 9.17) is 5.26 Å². The maximum Gasteiger partial charge on any atom is 0.0866 e. The molecule has 0 aliphatic carbocycles. The third kappa shape index (κ3) is 3.75. The van der Waals surface area contributed by atoms with Gasteiger partial charge in [0.25, 0.3) is 0 Å². The number of nitriles is 1. The zero-order valence-electron chi connectivity index (χ0n) is 10.3. The van der Waals surface area contributed by atoms with Crippen molar-refractivity contribution in [2.75, 3.05) is 26.2 Å². The number of hydrogen-bond acceptors (Lipinski definition) is 4. The highest BCUT2D eigenvalue weighted by molar-refractivity contribution is 4.89. The van der Waals surface area contributed by atoms with Crippen molar-refractivity contribution in [1.82, 2.24) is 10.2 Å². The lowest BCUT2D eigenvalue weighted by Crippen LogP contribution is -2.51. The van der Waals surface area contributed by atoms with E-state index in [9.17, 15) is 5.11 Å². The van der Waals surface area contributed by atoms with Gasteiger partial charge in [-0.25, -0.2) is 0 Å². The molecular weight excluding hydrogens is 202 g/mol. The maximum atomic E-state index is 9.92. The van der Waals surface area contributed by atoms with Crippen molar-refractivity contribution in [3.05, 3.63) is 0 Å². The second kappa shape index (κ2) is 6.85. The second-order valence-electron chi connectivity index (χ2n) is 4.58. The molecule has 3 unspecified atom stereocenters. The van der Waals surface area contributed by atoms with Gasteiger partial charge in [-0.3, -0.25) is 4.90 Å². The predicted molar refractivity (Wildman–Crippen MR) is 63.9 cm³/mol. The van der Waals surface area contributed by atoms with Gasteiger partial charge in [0.05, 0.1) is 18.7 Å².